The van der Waals surface area contributed by atoms with Crippen LogP contribution in [0.4, 0.5) is 5.69 Å². The van der Waals surface area contributed by atoms with Crippen molar-refractivity contribution in [2.24, 2.45) is 10.9 Å². The highest BCUT2D eigenvalue weighted by Gasteiger charge is 2.42. The maximum atomic E-state index is 13.1. The summed E-state index contributed by atoms with van der Waals surface area (Å²) in [6, 6.07) is 11.7. The average Bonchev–Trinajstić information content (AvgIpc) is 2.81. The predicted molar refractivity (Wildman–Crippen MR) is 119 cm³/mol. The topological polar surface area (TPSA) is 112 Å². The summed E-state index contributed by atoms with van der Waals surface area (Å²) >= 11 is 0. The second-order valence-electron chi connectivity index (χ2n) is 7.69. The quantitative estimate of drug-likeness (QED) is 0.200. The van der Waals surface area contributed by atoms with Crippen molar-refractivity contribution in [1.82, 2.24) is 0 Å². The molecule has 1 aliphatic heterocycles. The number of nitro groups is 1. The molecule has 0 radical (unpaired) electrons. The van der Waals surface area contributed by atoms with E-state index in [1.165, 1.54) is 25.3 Å². The van der Waals surface area contributed by atoms with Gasteiger partial charge in [-0.3, -0.25) is 19.9 Å². The van der Waals surface area contributed by atoms with Crippen molar-refractivity contribution in [1.29, 1.82) is 0 Å². The van der Waals surface area contributed by atoms with Crippen LogP contribution in [0.5, 0.6) is 0 Å². The van der Waals surface area contributed by atoms with Crippen LogP contribution in [0.1, 0.15) is 31.7 Å². The van der Waals surface area contributed by atoms with Crippen molar-refractivity contribution < 1.29 is 28.6 Å². The Kier molecular flexibility index (Phi) is 7.66. The summed E-state index contributed by atoms with van der Waals surface area (Å²) in [4.78, 5) is 41.0. The number of nitrogens with zero attached hydrogens (tertiary/aromatic N) is 3. The number of carbonyl (C=O) groups excluding carboxylic acids is 2. The normalized spacial score (nSPS) is 17.8. The second kappa shape index (κ2) is 10.6. The Balaban J connectivity index is 1.89. The van der Waals surface area contributed by atoms with Crippen LogP contribution in [0.3, 0.4) is 0 Å². The van der Waals surface area contributed by atoms with Gasteiger partial charge in [0.25, 0.3) is 5.69 Å². The molecule has 33 heavy (non-hydrogen) atoms. The molecule has 0 aliphatic carbocycles. The molecule has 2 aromatic rings. The monoisotopic (exact) mass is 452 g/mol. The van der Waals surface area contributed by atoms with Crippen molar-refractivity contribution in [3.8, 4) is 0 Å². The Morgan fingerprint density at radius 3 is 2.55 bits per heavy atom. The number of aryl methyl sites for hydroxylation is 1. The second-order valence-corrected chi connectivity index (χ2v) is 7.69. The molecule has 0 amide bonds. The smallest absolute Gasteiger partial charge is 0.336 e. The number of nitro benzene ring substituents is 1. The molecule has 2 heterocycles. The number of pyridine rings is 1. The van der Waals surface area contributed by atoms with E-state index in [1.807, 2.05) is 35.2 Å². The maximum Gasteiger partial charge on any atom is 0.336 e. The molecule has 0 N–H and O–H groups in total. The first-order chi connectivity index (χ1) is 15.8. The molecular weight excluding hydrogens is 426 g/mol. The molecule has 1 aliphatic rings. The molecule has 172 valence electrons. The van der Waals surface area contributed by atoms with E-state index in [9.17, 15) is 19.7 Å². The van der Waals surface area contributed by atoms with Crippen molar-refractivity contribution in [3.63, 3.8) is 0 Å². The highest BCUT2D eigenvalue weighted by molar-refractivity contribution is 6.07. The van der Waals surface area contributed by atoms with E-state index in [4.69, 9.17) is 9.47 Å². The van der Waals surface area contributed by atoms with Gasteiger partial charge in [-0.15, -0.1) is 0 Å². The average molecular weight is 452 g/mol. The number of ether oxygens (including phenoxy) is 2. The SMILES string of the molecule is COC(=O)C1C(C)=NC(C)=C(C(=O)OCCC[n+]2ccccc2)[C@H]1c1cccc([N+](=O)[O-])c1. The molecule has 1 unspecified atom stereocenters. The fraction of sp³-hybridized carbons (Fsp3) is 0.333. The lowest BCUT2D eigenvalue weighted by Gasteiger charge is -2.31. The maximum absolute atomic E-state index is 13.1. The molecule has 1 aromatic carbocycles. The summed E-state index contributed by atoms with van der Waals surface area (Å²) in [6.45, 7) is 4.18. The Morgan fingerprint density at radius 1 is 1.15 bits per heavy atom. The van der Waals surface area contributed by atoms with Gasteiger partial charge in [0.1, 0.15) is 5.92 Å². The van der Waals surface area contributed by atoms with Gasteiger partial charge in [0.15, 0.2) is 18.9 Å². The first kappa shape index (κ1) is 23.8. The zero-order valence-electron chi connectivity index (χ0n) is 18.8. The molecule has 3 rings (SSSR count). The van der Waals surface area contributed by atoms with Gasteiger partial charge in [0.05, 0.1) is 24.2 Å². The van der Waals surface area contributed by atoms with Crippen molar-refractivity contribution in [2.45, 2.75) is 32.7 Å². The van der Waals surface area contributed by atoms with Gasteiger partial charge in [0.2, 0.25) is 0 Å². The molecule has 2 atom stereocenters. The van der Waals surface area contributed by atoms with E-state index in [0.29, 0.717) is 29.9 Å². The third kappa shape index (κ3) is 5.49. The number of allylic oxidation sites excluding steroid dienone is 1. The highest BCUT2D eigenvalue weighted by Crippen LogP contribution is 2.40. The van der Waals surface area contributed by atoms with E-state index in [0.717, 1.165) is 0 Å². The highest BCUT2D eigenvalue weighted by atomic mass is 16.6. The number of aliphatic imine (C=N–C) groups is 1. The number of hydrogen-bond acceptors (Lipinski definition) is 7. The van der Waals surface area contributed by atoms with E-state index >= 15 is 0 Å². The van der Waals surface area contributed by atoms with Gasteiger partial charge in [-0.05, 0) is 19.4 Å². The largest absolute Gasteiger partial charge is 0.468 e. The number of benzene rings is 1. The zero-order valence-corrected chi connectivity index (χ0v) is 18.8. The third-order valence-electron chi connectivity index (χ3n) is 5.51. The van der Waals surface area contributed by atoms with E-state index in [2.05, 4.69) is 4.99 Å². The number of rotatable bonds is 8. The van der Waals surface area contributed by atoms with Crippen LogP contribution in [0.25, 0.3) is 0 Å². The van der Waals surface area contributed by atoms with Crippen molar-refractivity contribution in [3.05, 3.63) is 81.8 Å². The van der Waals surface area contributed by atoms with Gasteiger partial charge in [-0.2, -0.15) is 0 Å². The molecule has 9 heteroatoms. The van der Waals surface area contributed by atoms with E-state index in [-0.39, 0.29) is 17.9 Å². The molecule has 1 aromatic heterocycles. The Labute approximate surface area is 191 Å². The standard InChI is InChI=1S/C24H26N3O6/c1-16-20(23(28)32-3)22(18-9-7-10-19(15-18)27(30)31)21(17(2)25-16)24(29)33-14-8-13-26-11-5-4-6-12-26/h4-7,9-12,15,20,22H,8,13-14H2,1-3H3/q+1/t20?,22-/m0/s1. The lowest BCUT2D eigenvalue weighted by molar-refractivity contribution is -0.697. The Hall–Kier alpha value is -3.88. The van der Waals surface area contributed by atoms with Gasteiger partial charge >= 0.3 is 11.9 Å². The summed E-state index contributed by atoms with van der Waals surface area (Å²) in [5, 5.41) is 11.3. The molecule has 0 spiro atoms. The molecule has 0 saturated heterocycles. The summed E-state index contributed by atoms with van der Waals surface area (Å²) in [5.74, 6) is -2.90. The minimum Gasteiger partial charge on any atom is -0.468 e. The number of hydrogen-bond donors (Lipinski definition) is 0. The van der Waals surface area contributed by atoms with Gasteiger partial charge in [0, 0.05) is 48.0 Å². The lowest BCUT2D eigenvalue weighted by Crippen LogP contribution is -2.36. The van der Waals surface area contributed by atoms with Crippen LogP contribution in [0.15, 0.2) is 71.1 Å². The minimum absolute atomic E-state index is 0.137. The number of aromatic nitrogens is 1. The van der Waals surface area contributed by atoms with Crippen LogP contribution in [0, 0.1) is 16.0 Å². The molecule has 9 nitrogen and oxygen atoms in total. The number of non-ortho nitro benzene ring substituents is 1. The first-order valence-electron chi connectivity index (χ1n) is 10.5. The molecule has 0 fully saturated rings. The van der Waals surface area contributed by atoms with Crippen molar-refractivity contribution >= 4 is 23.3 Å². The van der Waals surface area contributed by atoms with Gasteiger partial charge < -0.3 is 9.47 Å². The Morgan fingerprint density at radius 2 is 1.88 bits per heavy atom. The van der Waals surface area contributed by atoms with Gasteiger partial charge in [-0.25, -0.2) is 9.36 Å². The zero-order chi connectivity index (χ0) is 24.0. The fourth-order valence-electron chi connectivity index (χ4n) is 4.00. The predicted octanol–water partition coefficient (Wildman–Crippen LogP) is 3.14. The van der Waals surface area contributed by atoms with Gasteiger partial charge in [-0.1, -0.05) is 18.2 Å². The number of methoxy groups -OCH3 is 1. The van der Waals surface area contributed by atoms with E-state index in [1.54, 1.807) is 19.9 Å². The summed E-state index contributed by atoms with van der Waals surface area (Å²) in [5.41, 5.74) is 1.38. The van der Waals surface area contributed by atoms with Crippen molar-refractivity contribution in [2.75, 3.05) is 13.7 Å². The first-order valence-corrected chi connectivity index (χ1v) is 10.5. The Bertz CT molecular complexity index is 1110. The van der Waals surface area contributed by atoms with Crippen LogP contribution >= 0.6 is 0 Å². The minimum atomic E-state index is -0.900. The van der Waals surface area contributed by atoms with E-state index < -0.39 is 28.7 Å². The number of esters is 2. The van der Waals surface area contributed by atoms with Crippen LogP contribution < -0.4 is 4.57 Å². The lowest BCUT2D eigenvalue weighted by atomic mass is 9.75. The molecular formula is C24H26N3O6+. The fourth-order valence-corrected chi connectivity index (χ4v) is 4.00. The summed E-state index contributed by atoms with van der Waals surface area (Å²) < 4.78 is 12.5. The summed E-state index contributed by atoms with van der Waals surface area (Å²) in [7, 11) is 1.25. The van der Waals surface area contributed by atoms with Crippen LogP contribution in [-0.2, 0) is 25.6 Å². The summed E-state index contributed by atoms with van der Waals surface area (Å²) in [6.07, 6.45) is 4.44. The third-order valence-corrected chi connectivity index (χ3v) is 5.51. The van der Waals surface area contributed by atoms with Crippen LogP contribution in [0.2, 0.25) is 0 Å². The van der Waals surface area contributed by atoms with Crippen LogP contribution in [-0.4, -0.2) is 36.3 Å². The number of carbonyl (C=O) groups is 2. The molecule has 0 saturated carbocycles. The molecule has 0 bridgehead atoms.